The Hall–Kier alpha value is -1.46. The van der Waals surface area contributed by atoms with Crippen molar-refractivity contribution in [2.45, 2.75) is 32.4 Å². The smallest absolute Gasteiger partial charge is 0.157 e. The molecule has 0 saturated heterocycles. The van der Waals surface area contributed by atoms with E-state index in [0.717, 1.165) is 42.7 Å². The highest BCUT2D eigenvalue weighted by atomic mass is 16.3. The number of rotatable bonds is 4. The third kappa shape index (κ3) is 2.48. The van der Waals surface area contributed by atoms with Crippen LogP contribution in [0.3, 0.4) is 0 Å². The Morgan fingerprint density at radius 3 is 3.00 bits per heavy atom. The molecule has 0 amide bonds. The van der Waals surface area contributed by atoms with E-state index in [-0.39, 0.29) is 6.10 Å². The van der Waals surface area contributed by atoms with Crippen LogP contribution in [-0.2, 0) is 13.6 Å². The van der Waals surface area contributed by atoms with Crippen LogP contribution in [0.5, 0.6) is 0 Å². The molecule has 5 heteroatoms. The van der Waals surface area contributed by atoms with Crippen molar-refractivity contribution >= 4 is 11.0 Å². The Labute approximate surface area is 112 Å². The fourth-order valence-corrected chi connectivity index (χ4v) is 2.74. The Morgan fingerprint density at radius 2 is 2.26 bits per heavy atom. The van der Waals surface area contributed by atoms with E-state index < -0.39 is 0 Å². The molecule has 1 fully saturated rings. The molecule has 0 aromatic carbocycles. The van der Waals surface area contributed by atoms with Crippen molar-refractivity contribution in [1.82, 2.24) is 20.1 Å². The zero-order valence-electron chi connectivity index (χ0n) is 11.4. The standard InChI is InChI=1S/C14H20N4O/c1-9-13-5-11(8-16-14(13)18(2)17-9)7-15-6-10-3-12(19)4-10/h5,8,10,12,15,19H,3-4,6-7H2,1-2H3. The maximum atomic E-state index is 9.24. The van der Waals surface area contributed by atoms with Gasteiger partial charge in [-0.1, -0.05) is 0 Å². The Kier molecular flexibility index (Phi) is 3.24. The van der Waals surface area contributed by atoms with Crippen LogP contribution in [0.4, 0.5) is 0 Å². The number of nitrogens with zero attached hydrogens (tertiary/aromatic N) is 3. The van der Waals surface area contributed by atoms with Crippen LogP contribution >= 0.6 is 0 Å². The fraction of sp³-hybridized carbons (Fsp3) is 0.571. The van der Waals surface area contributed by atoms with Crippen molar-refractivity contribution in [2.75, 3.05) is 6.54 Å². The average molecular weight is 260 g/mol. The summed E-state index contributed by atoms with van der Waals surface area (Å²) in [5, 5.41) is 18.2. The molecule has 0 bridgehead atoms. The second kappa shape index (κ2) is 4.90. The molecule has 0 atom stereocenters. The minimum absolute atomic E-state index is 0.0668. The van der Waals surface area contributed by atoms with Crippen molar-refractivity contribution in [2.24, 2.45) is 13.0 Å². The lowest BCUT2D eigenvalue weighted by molar-refractivity contribution is 0.0430. The van der Waals surface area contributed by atoms with Gasteiger partial charge in [-0.15, -0.1) is 0 Å². The van der Waals surface area contributed by atoms with E-state index in [2.05, 4.69) is 21.5 Å². The van der Waals surface area contributed by atoms with Gasteiger partial charge < -0.3 is 10.4 Å². The maximum Gasteiger partial charge on any atom is 0.157 e. The highest BCUT2D eigenvalue weighted by Gasteiger charge is 2.26. The molecule has 0 aliphatic heterocycles. The zero-order valence-corrected chi connectivity index (χ0v) is 11.4. The molecule has 3 rings (SSSR count). The minimum Gasteiger partial charge on any atom is -0.393 e. The van der Waals surface area contributed by atoms with Gasteiger partial charge in [0.1, 0.15) is 0 Å². The number of aliphatic hydroxyl groups excluding tert-OH is 1. The Bertz CT molecular complexity index is 586. The molecule has 1 saturated carbocycles. The van der Waals surface area contributed by atoms with Gasteiger partial charge in [0.25, 0.3) is 0 Å². The van der Waals surface area contributed by atoms with E-state index in [1.165, 1.54) is 5.56 Å². The number of aryl methyl sites for hydroxylation is 2. The SMILES string of the molecule is Cc1nn(C)c2ncc(CNCC3CC(O)C3)cc12. The van der Waals surface area contributed by atoms with E-state index in [1.807, 2.05) is 24.9 Å². The summed E-state index contributed by atoms with van der Waals surface area (Å²) in [4.78, 5) is 4.47. The summed E-state index contributed by atoms with van der Waals surface area (Å²) in [6, 6.07) is 2.16. The zero-order chi connectivity index (χ0) is 13.4. The van der Waals surface area contributed by atoms with Crippen molar-refractivity contribution in [3.05, 3.63) is 23.5 Å². The molecule has 102 valence electrons. The predicted octanol–water partition coefficient (Wildman–Crippen LogP) is 1.14. The van der Waals surface area contributed by atoms with Crippen molar-refractivity contribution < 1.29 is 5.11 Å². The first-order valence-corrected chi connectivity index (χ1v) is 6.80. The predicted molar refractivity (Wildman–Crippen MR) is 73.7 cm³/mol. The van der Waals surface area contributed by atoms with Crippen LogP contribution in [0.2, 0.25) is 0 Å². The first-order chi connectivity index (χ1) is 9.13. The molecule has 0 spiro atoms. The lowest BCUT2D eigenvalue weighted by Crippen LogP contribution is -2.35. The topological polar surface area (TPSA) is 63.0 Å². The molecule has 0 radical (unpaired) electrons. The first-order valence-electron chi connectivity index (χ1n) is 6.80. The van der Waals surface area contributed by atoms with Crippen LogP contribution < -0.4 is 5.32 Å². The van der Waals surface area contributed by atoms with Crippen molar-refractivity contribution in [1.29, 1.82) is 0 Å². The van der Waals surface area contributed by atoms with E-state index in [9.17, 15) is 5.11 Å². The molecule has 5 nitrogen and oxygen atoms in total. The van der Waals surface area contributed by atoms with Gasteiger partial charge in [0.15, 0.2) is 5.65 Å². The third-order valence-electron chi connectivity index (χ3n) is 3.89. The van der Waals surface area contributed by atoms with Gasteiger partial charge in [0.05, 0.1) is 11.8 Å². The van der Waals surface area contributed by atoms with Gasteiger partial charge in [-0.3, -0.25) is 4.68 Å². The number of hydrogen-bond donors (Lipinski definition) is 2. The highest BCUT2D eigenvalue weighted by Crippen LogP contribution is 2.26. The summed E-state index contributed by atoms with van der Waals surface area (Å²) >= 11 is 0. The second-order valence-corrected chi connectivity index (χ2v) is 5.55. The van der Waals surface area contributed by atoms with Crippen LogP contribution in [0.15, 0.2) is 12.3 Å². The van der Waals surface area contributed by atoms with Gasteiger partial charge in [0, 0.05) is 25.2 Å². The van der Waals surface area contributed by atoms with Crippen molar-refractivity contribution in [3.8, 4) is 0 Å². The summed E-state index contributed by atoms with van der Waals surface area (Å²) in [7, 11) is 1.92. The van der Waals surface area contributed by atoms with Gasteiger partial charge >= 0.3 is 0 Å². The summed E-state index contributed by atoms with van der Waals surface area (Å²) in [5.74, 6) is 0.631. The van der Waals surface area contributed by atoms with Crippen LogP contribution in [0, 0.1) is 12.8 Å². The number of aliphatic hydroxyl groups is 1. The first kappa shape index (κ1) is 12.6. The molecule has 2 aromatic heterocycles. The van der Waals surface area contributed by atoms with Crippen LogP contribution in [0.1, 0.15) is 24.1 Å². The van der Waals surface area contributed by atoms with Crippen LogP contribution in [0.25, 0.3) is 11.0 Å². The molecule has 0 unspecified atom stereocenters. The quantitative estimate of drug-likeness (QED) is 0.865. The van der Waals surface area contributed by atoms with E-state index in [0.29, 0.717) is 5.92 Å². The maximum absolute atomic E-state index is 9.24. The third-order valence-corrected chi connectivity index (χ3v) is 3.89. The minimum atomic E-state index is -0.0668. The molecule has 1 aliphatic carbocycles. The number of fused-ring (bicyclic) bond motifs is 1. The van der Waals surface area contributed by atoms with Crippen molar-refractivity contribution in [3.63, 3.8) is 0 Å². The molecular weight excluding hydrogens is 240 g/mol. The van der Waals surface area contributed by atoms with Gasteiger partial charge in [-0.05, 0) is 43.9 Å². The molecule has 2 N–H and O–H groups in total. The van der Waals surface area contributed by atoms with E-state index in [1.54, 1.807) is 0 Å². The van der Waals surface area contributed by atoms with Gasteiger partial charge in [-0.25, -0.2) is 4.98 Å². The molecule has 2 aromatic rings. The van der Waals surface area contributed by atoms with E-state index in [4.69, 9.17) is 0 Å². The summed E-state index contributed by atoms with van der Waals surface area (Å²) in [6.07, 6.45) is 3.72. The van der Waals surface area contributed by atoms with Crippen LogP contribution in [-0.4, -0.2) is 32.5 Å². The summed E-state index contributed by atoms with van der Waals surface area (Å²) in [6.45, 7) is 3.81. The van der Waals surface area contributed by atoms with Gasteiger partial charge in [0.2, 0.25) is 0 Å². The average Bonchev–Trinajstić information content (AvgIpc) is 2.63. The number of hydrogen-bond acceptors (Lipinski definition) is 4. The largest absolute Gasteiger partial charge is 0.393 e. The molecular formula is C14H20N4O. The van der Waals surface area contributed by atoms with Gasteiger partial charge in [-0.2, -0.15) is 5.10 Å². The normalized spacial score (nSPS) is 22.7. The fourth-order valence-electron chi connectivity index (χ4n) is 2.74. The number of aromatic nitrogens is 3. The Balaban J connectivity index is 1.63. The summed E-state index contributed by atoms with van der Waals surface area (Å²) in [5.41, 5.74) is 3.14. The Morgan fingerprint density at radius 1 is 1.47 bits per heavy atom. The number of pyridine rings is 1. The molecule has 2 heterocycles. The molecule has 1 aliphatic rings. The monoisotopic (exact) mass is 260 g/mol. The lowest BCUT2D eigenvalue weighted by atomic mass is 9.82. The number of nitrogens with one attached hydrogen (secondary N) is 1. The highest BCUT2D eigenvalue weighted by molar-refractivity contribution is 5.78. The summed E-state index contributed by atoms with van der Waals surface area (Å²) < 4.78 is 1.82. The van der Waals surface area contributed by atoms with E-state index >= 15 is 0 Å². The lowest BCUT2D eigenvalue weighted by Gasteiger charge is -2.31. The second-order valence-electron chi connectivity index (χ2n) is 5.55. The molecule has 19 heavy (non-hydrogen) atoms.